The molecule has 0 spiro atoms. The molecule has 0 radical (unpaired) electrons. The minimum Gasteiger partial charge on any atom is -0.534 e. The molecule has 284 valence electrons. The number of nitrogens with one attached hydrogen (secondary N) is 3. The number of carbonyl (C=O) groups excluding carboxylic acids is 5. The quantitative estimate of drug-likeness (QED) is 0.0629. The second-order valence-corrected chi connectivity index (χ2v) is 12.7. The molecule has 2 atom stereocenters. The number of phenols is 3. The number of hydrogen-bond acceptors (Lipinski definition) is 11. The SMILES string of the molecule is O=C(NCCCN1CCN(C(=O)NC(C(=O)N[C@H]2Cc3ccc(F)c(C(=O)O)c3OB2O)c2cc(F)c(O)c(O)c2Cl)C(=O)C1=O)c1cc(O)ccc1Cl. The molecule has 17 nitrogen and oxygen atoms in total. The number of phenolic OH excluding ortho intramolecular Hbond substituents is 3. The van der Waals surface area contributed by atoms with Crippen LogP contribution in [0.3, 0.4) is 0 Å². The summed E-state index contributed by atoms with van der Waals surface area (Å²) in [6.07, 6.45) is -0.174. The lowest BCUT2D eigenvalue weighted by Gasteiger charge is -2.34. The van der Waals surface area contributed by atoms with Crippen molar-refractivity contribution in [2.75, 3.05) is 26.2 Å². The molecule has 1 fully saturated rings. The molecule has 8 N–H and O–H groups in total. The van der Waals surface area contributed by atoms with Crippen LogP contribution in [0.4, 0.5) is 13.6 Å². The Labute approximate surface area is 313 Å². The third-order valence-electron chi connectivity index (χ3n) is 8.43. The van der Waals surface area contributed by atoms with Crippen LogP contribution in [-0.2, 0) is 20.8 Å². The Balaban J connectivity index is 1.28. The lowest BCUT2D eigenvalue weighted by atomic mass is 9.72. The average molecular weight is 794 g/mol. The highest BCUT2D eigenvalue weighted by Gasteiger charge is 2.42. The molecule has 0 aliphatic carbocycles. The van der Waals surface area contributed by atoms with Crippen molar-refractivity contribution in [2.45, 2.75) is 24.8 Å². The van der Waals surface area contributed by atoms with E-state index >= 15 is 0 Å². The number of aromatic carboxylic acids is 1. The van der Waals surface area contributed by atoms with Gasteiger partial charge in [0.05, 0.1) is 21.5 Å². The van der Waals surface area contributed by atoms with E-state index in [2.05, 4.69) is 16.0 Å². The van der Waals surface area contributed by atoms with Gasteiger partial charge in [0.15, 0.2) is 17.3 Å². The third kappa shape index (κ3) is 8.04. The van der Waals surface area contributed by atoms with Gasteiger partial charge in [0.2, 0.25) is 5.91 Å². The van der Waals surface area contributed by atoms with Gasteiger partial charge in [-0.05, 0) is 48.7 Å². The molecule has 6 amide bonds. The predicted molar refractivity (Wildman–Crippen MR) is 182 cm³/mol. The van der Waals surface area contributed by atoms with Crippen molar-refractivity contribution in [3.8, 4) is 23.0 Å². The maximum atomic E-state index is 14.6. The van der Waals surface area contributed by atoms with E-state index < -0.39 is 106 Å². The number of benzene rings is 3. The Bertz CT molecular complexity index is 2080. The van der Waals surface area contributed by atoms with E-state index in [9.17, 15) is 63.0 Å². The summed E-state index contributed by atoms with van der Waals surface area (Å²) < 4.78 is 34.0. The molecule has 1 saturated heterocycles. The second kappa shape index (κ2) is 16.0. The van der Waals surface area contributed by atoms with E-state index in [1.165, 1.54) is 18.2 Å². The number of carboxylic acids is 1. The lowest BCUT2D eigenvalue weighted by molar-refractivity contribution is -0.153. The molecular formula is C32H28BCl2F2N5O12. The van der Waals surface area contributed by atoms with Crippen LogP contribution in [0.25, 0.3) is 0 Å². The zero-order valence-electron chi connectivity index (χ0n) is 27.4. The Hall–Kier alpha value is -5.86. The Morgan fingerprint density at radius 1 is 0.981 bits per heavy atom. The summed E-state index contributed by atoms with van der Waals surface area (Å²) in [5.41, 5.74) is -1.43. The van der Waals surface area contributed by atoms with Gasteiger partial charge in [-0.3, -0.25) is 24.1 Å². The van der Waals surface area contributed by atoms with Gasteiger partial charge in [-0.1, -0.05) is 29.3 Å². The Morgan fingerprint density at radius 2 is 1.70 bits per heavy atom. The zero-order chi connectivity index (χ0) is 39.6. The van der Waals surface area contributed by atoms with Crippen molar-refractivity contribution < 1.29 is 67.7 Å². The van der Waals surface area contributed by atoms with Crippen molar-refractivity contribution in [3.05, 3.63) is 80.3 Å². The van der Waals surface area contributed by atoms with Gasteiger partial charge in [-0.25, -0.2) is 18.4 Å². The number of nitrogens with zero attached hydrogens (tertiary/aromatic N) is 2. The molecule has 2 aliphatic rings. The van der Waals surface area contributed by atoms with Gasteiger partial charge < -0.3 is 51.0 Å². The number of hydrogen-bond donors (Lipinski definition) is 8. The van der Waals surface area contributed by atoms with Crippen molar-refractivity contribution >= 4 is 65.9 Å². The fourth-order valence-electron chi connectivity index (χ4n) is 5.68. The molecule has 22 heteroatoms. The fourth-order valence-corrected chi connectivity index (χ4v) is 6.14. The van der Waals surface area contributed by atoms with E-state index in [-0.39, 0.29) is 54.4 Å². The van der Waals surface area contributed by atoms with Gasteiger partial charge in [-0.2, -0.15) is 0 Å². The van der Waals surface area contributed by atoms with Crippen LogP contribution in [0.15, 0.2) is 36.4 Å². The zero-order valence-corrected chi connectivity index (χ0v) is 29.0. The van der Waals surface area contributed by atoms with E-state index in [0.29, 0.717) is 11.0 Å². The van der Waals surface area contributed by atoms with Gasteiger partial charge in [0.1, 0.15) is 28.9 Å². The van der Waals surface area contributed by atoms with E-state index in [1.807, 2.05) is 0 Å². The third-order valence-corrected chi connectivity index (χ3v) is 9.15. The summed E-state index contributed by atoms with van der Waals surface area (Å²) in [7, 11) is -1.98. The smallest absolute Gasteiger partial charge is 0.534 e. The molecule has 3 aromatic carbocycles. The molecule has 1 unspecified atom stereocenters. The number of rotatable bonds is 10. The summed E-state index contributed by atoms with van der Waals surface area (Å²) >= 11 is 12.1. The largest absolute Gasteiger partial charge is 0.547 e. The van der Waals surface area contributed by atoms with Gasteiger partial charge >= 0.3 is 30.9 Å². The van der Waals surface area contributed by atoms with Crippen LogP contribution in [0.5, 0.6) is 23.0 Å². The monoisotopic (exact) mass is 793 g/mol. The first-order chi connectivity index (χ1) is 25.5. The minimum absolute atomic E-state index is 0.0145. The van der Waals surface area contributed by atoms with Crippen molar-refractivity contribution in [2.24, 2.45) is 0 Å². The standard InChI is InChI=1S/C32H28BCl2F2N5O12/c34-17-4-3-14(43)11-15(17)27(46)38-6-1-7-41-8-9-42(30(49)29(41)48)32(52)40-23(16-12-19(37)24(44)25(45)22(16)35)28(47)39-20-10-13-2-5-18(36)21(31(50)51)26(13)54-33(20)53/h2-5,11-12,20,23,43-45,53H,1,6-10H2,(H,38,46)(H,39,47)(H,40,52)(H,50,51)/t20-,23?/m0/s1. The number of aromatic hydroxyl groups is 3. The van der Waals surface area contributed by atoms with Crippen molar-refractivity contribution in [1.29, 1.82) is 0 Å². The molecule has 0 aromatic heterocycles. The van der Waals surface area contributed by atoms with Gasteiger partial charge in [0, 0.05) is 31.7 Å². The molecule has 0 saturated carbocycles. The average Bonchev–Trinajstić information content (AvgIpc) is 3.12. The highest BCUT2D eigenvalue weighted by atomic mass is 35.5. The van der Waals surface area contributed by atoms with Gasteiger partial charge in [0.25, 0.3) is 5.91 Å². The van der Waals surface area contributed by atoms with Crippen LogP contribution in [0.2, 0.25) is 10.0 Å². The lowest BCUT2D eigenvalue weighted by Crippen LogP contribution is -2.60. The Morgan fingerprint density at radius 3 is 2.41 bits per heavy atom. The number of urea groups is 1. The molecule has 3 aromatic rings. The number of halogens is 4. The maximum absolute atomic E-state index is 14.6. The highest BCUT2D eigenvalue weighted by molar-refractivity contribution is 6.47. The van der Waals surface area contributed by atoms with Crippen LogP contribution in [0, 0.1) is 11.6 Å². The maximum Gasteiger partial charge on any atom is 0.547 e. The highest BCUT2D eigenvalue weighted by Crippen LogP contribution is 2.41. The normalized spacial score (nSPS) is 15.9. The number of fused-ring (bicyclic) bond motifs is 1. The number of imide groups is 1. The van der Waals surface area contributed by atoms with E-state index in [4.69, 9.17) is 27.9 Å². The first kappa shape index (κ1) is 39.4. The Kier molecular flexibility index (Phi) is 11.7. The van der Waals surface area contributed by atoms with Crippen molar-refractivity contribution in [3.63, 3.8) is 0 Å². The van der Waals surface area contributed by atoms with Crippen LogP contribution >= 0.6 is 23.2 Å². The first-order valence-corrected chi connectivity index (χ1v) is 16.5. The summed E-state index contributed by atoms with van der Waals surface area (Å²) in [4.78, 5) is 78.7. The molecule has 2 aliphatic heterocycles. The van der Waals surface area contributed by atoms with E-state index in [1.54, 1.807) is 0 Å². The molecule has 2 heterocycles. The van der Waals surface area contributed by atoms with Crippen molar-refractivity contribution in [1.82, 2.24) is 25.8 Å². The number of amides is 6. The molecule has 0 bridgehead atoms. The number of piperazine rings is 1. The summed E-state index contributed by atoms with van der Waals surface area (Å²) in [5.74, 6) is -13.2. The number of carbonyl (C=O) groups is 6. The fraction of sp³-hybridized carbons (Fsp3) is 0.250. The predicted octanol–water partition coefficient (Wildman–Crippen LogP) is 1.47. The van der Waals surface area contributed by atoms with Crippen LogP contribution in [-0.4, -0.2) is 110 Å². The van der Waals surface area contributed by atoms with Crippen LogP contribution < -0.4 is 20.6 Å². The molecule has 5 rings (SSSR count). The summed E-state index contributed by atoms with van der Waals surface area (Å²) in [5, 5.41) is 55.9. The first-order valence-electron chi connectivity index (χ1n) is 15.8. The molecule has 54 heavy (non-hydrogen) atoms. The van der Waals surface area contributed by atoms with Gasteiger partial charge in [-0.15, -0.1) is 0 Å². The van der Waals surface area contributed by atoms with E-state index in [0.717, 1.165) is 17.0 Å². The number of carboxylic acid groups (broad SMARTS) is 1. The summed E-state index contributed by atoms with van der Waals surface area (Å²) in [6.45, 7) is -0.575. The second-order valence-electron chi connectivity index (χ2n) is 11.9. The topological polar surface area (TPSA) is 255 Å². The van der Waals surface area contributed by atoms with Crippen LogP contribution in [0.1, 0.15) is 44.3 Å². The minimum atomic E-state index is -2.08. The summed E-state index contributed by atoms with van der Waals surface area (Å²) in [6, 6.07) is 2.86. The molecular weight excluding hydrogens is 766 g/mol.